The Kier molecular flexibility index (Phi) is 7.92. The average Bonchev–Trinajstić information content (AvgIpc) is 3.32. The van der Waals surface area contributed by atoms with Gasteiger partial charge < -0.3 is 20.3 Å². The first-order valence-electron chi connectivity index (χ1n) is 11.3. The number of fused-ring (bicyclic) bond motifs is 2. The molecule has 1 saturated heterocycles. The monoisotopic (exact) mass is 574 g/mol. The fourth-order valence-electron chi connectivity index (χ4n) is 3.97. The van der Waals surface area contributed by atoms with Crippen LogP contribution >= 0.6 is 11.6 Å². The number of rotatable bonds is 3. The molecule has 0 saturated carbocycles. The SMILES string of the molecule is O=C(O)C(F)(F)F.O=C(c1ncc2c(n1)CCNC2)N1CCN(S(=O)(=O)c2cc3cc(Cl)ccc3[nH]2)CC1. The number of nitrogens with one attached hydrogen (secondary N) is 2. The average molecular weight is 575 g/mol. The van der Waals surface area contributed by atoms with Crippen LogP contribution in [-0.2, 0) is 27.8 Å². The second-order valence-corrected chi connectivity index (χ2v) is 10.8. The maximum absolute atomic E-state index is 13.1. The van der Waals surface area contributed by atoms with Crippen molar-refractivity contribution in [1.29, 1.82) is 0 Å². The van der Waals surface area contributed by atoms with Crippen LogP contribution in [0.5, 0.6) is 0 Å². The Morgan fingerprint density at radius 1 is 1.11 bits per heavy atom. The van der Waals surface area contributed by atoms with Crippen molar-refractivity contribution < 1.29 is 36.3 Å². The van der Waals surface area contributed by atoms with E-state index in [2.05, 4.69) is 20.3 Å². The first-order valence-corrected chi connectivity index (χ1v) is 13.1. The van der Waals surface area contributed by atoms with Gasteiger partial charge in [0, 0.05) is 73.4 Å². The second kappa shape index (κ2) is 10.8. The molecule has 3 N–H and O–H groups in total. The van der Waals surface area contributed by atoms with E-state index in [0.717, 1.165) is 29.6 Å². The van der Waals surface area contributed by atoms with E-state index >= 15 is 0 Å². The zero-order valence-electron chi connectivity index (χ0n) is 19.6. The molecule has 2 aliphatic rings. The highest BCUT2D eigenvalue weighted by molar-refractivity contribution is 7.89. The summed E-state index contributed by atoms with van der Waals surface area (Å²) in [6.07, 6.45) is -2.62. The van der Waals surface area contributed by atoms with Gasteiger partial charge in [-0.05, 0) is 24.3 Å². The zero-order valence-corrected chi connectivity index (χ0v) is 21.2. The third-order valence-corrected chi connectivity index (χ3v) is 8.00. The predicted molar refractivity (Wildman–Crippen MR) is 129 cm³/mol. The van der Waals surface area contributed by atoms with Crippen LogP contribution in [0.25, 0.3) is 10.9 Å². The van der Waals surface area contributed by atoms with Crippen LogP contribution in [0, 0.1) is 0 Å². The Hall–Kier alpha value is -3.27. The number of carboxylic acid groups (broad SMARTS) is 1. The lowest BCUT2D eigenvalue weighted by Crippen LogP contribution is -2.50. The minimum absolute atomic E-state index is 0.121. The smallest absolute Gasteiger partial charge is 0.475 e. The number of H-pyrrole nitrogens is 1. The van der Waals surface area contributed by atoms with E-state index in [1.165, 1.54) is 4.31 Å². The number of carbonyl (C=O) groups is 2. The highest BCUT2D eigenvalue weighted by Crippen LogP contribution is 2.25. The van der Waals surface area contributed by atoms with E-state index in [0.29, 0.717) is 17.1 Å². The van der Waals surface area contributed by atoms with Gasteiger partial charge in [0.05, 0.1) is 5.69 Å². The molecule has 1 amide bonds. The number of carboxylic acids is 1. The molecule has 0 unspecified atom stereocenters. The summed E-state index contributed by atoms with van der Waals surface area (Å²) in [6, 6.07) is 6.77. The molecule has 5 rings (SSSR count). The Bertz CT molecular complexity index is 1470. The number of nitrogens with zero attached hydrogens (tertiary/aromatic N) is 4. The van der Waals surface area contributed by atoms with Crippen molar-refractivity contribution in [2.24, 2.45) is 0 Å². The van der Waals surface area contributed by atoms with Crippen LogP contribution in [0.2, 0.25) is 5.02 Å². The number of carbonyl (C=O) groups excluding carboxylic acids is 1. The quantitative estimate of drug-likeness (QED) is 0.430. The highest BCUT2D eigenvalue weighted by Gasteiger charge is 2.38. The Morgan fingerprint density at radius 2 is 1.79 bits per heavy atom. The number of benzene rings is 1. The van der Waals surface area contributed by atoms with Crippen molar-refractivity contribution in [1.82, 2.24) is 29.5 Å². The number of amides is 1. The molecule has 4 heterocycles. The molecule has 3 aromatic rings. The van der Waals surface area contributed by atoms with Crippen LogP contribution in [-0.4, -0.2) is 88.5 Å². The van der Waals surface area contributed by atoms with Gasteiger partial charge in [0.1, 0.15) is 5.03 Å². The summed E-state index contributed by atoms with van der Waals surface area (Å²) in [5.74, 6) is -2.85. The topological polar surface area (TPSA) is 149 Å². The molecule has 1 fully saturated rings. The number of aromatic amines is 1. The van der Waals surface area contributed by atoms with Crippen LogP contribution in [0.4, 0.5) is 13.2 Å². The Labute approximate surface area is 219 Å². The van der Waals surface area contributed by atoms with Crippen LogP contribution in [0.1, 0.15) is 21.9 Å². The fraction of sp³-hybridized carbons (Fsp3) is 0.364. The molecule has 11 nitrogen and oxygen atoms in total. The molecule has 1 aromatic carbocycles. The number of aliphatic carboxylic acids is 1. The minimum atomic E-state index is -5.08. The van der Waals surface area contributed by atoms with Crippen molar-refractivity contribution in [3.8, 4) is 0 Å². The van der Waals surface area contributed by atoms with Gasteiger partial charge in [-0.1, -0.05) is 11.6 Å². The van der Waals surface area contributed by atoms with Crippen molar-refractivity contribution >= 4 is 44.4 Å². The molecular weight excluding hydrogens is 553 g/mol. The maximum Gasteiger partial charge on any atom is 0.490 e. The largest absolute Gasteiger partial charge is 0.490 e. The molecule has 16 heteroatoms. The summed E-state index contributed by atoms with van der Waals surface area (Å²) in [6.45, 7) is 2.52. The van der Waals surface area contributed by atoms with Gasteiger partial charge in [-0.25, -0.2) is 23.2 Å². The number of aromatic nitrogens is 3. The van der Waals surface area contributed by atoms with Gasteiger partial charge >= 0.3 is 12.1 Å². The third kappa shape index (κ3) is 6.06. The number of hydrogen-bond acceptors (Lipinski definition) is 7. The fourth-order valence-corrected chi connectivity index (χ4v) is 5.58. The molecule has 0 aliphatic carbocycles. The number of hydrogen-bond donors (Lipinski definition) is 3. The molecule has 2 aliphatic heterocycles. The Morgan fingerprint density at radius 3 is 2.45 bits per heavy atom. The molecule has 38 heavy (non-hydrogen) atoms. The Balaban J connectivity index is 0.000000426. The number of piperazine rings is 1. The number of alkyl halides is 3. The van der Waals surface area contributed by atoms with Crippen molar-refractivity contribution in [2.75, 3.05) is 32.7 Å². The van der Waals surface area contributed by atoms with E-state index in [1.54, 1.807) is 35.4 Å². The van der Waals surface area contributed by atoms with Gasteiger partial charge in [0.15, 0.2) is 0 Å². The summed E-state index contributed by atoms with van der Waals surface area (Å²) in [4.78, 5) is 35.0. The minimum Gasteiger partial charge on any atom is -0.475 e. The van der Waals surface area contributed by atoms with Crippen molar-refractivity contribution in [2.45, 2.75) is 24.2 Å². The molecule has 0 spiro atoms. The highest BCUT2D eigenvalue weighted by atomic mass is 35.5. The lowest BCUT2D eigenvalue weighted by atomic mass is 10.1. The number of sulfonamides is 1. The molecule has 0 atom stereocenters. The summed E-state index contributed by atoms with van der Waals surface area (Å²) >= 11 is 6.00. The standard InChI is InChI=1S/C20H21ClN6O3S.C2HF3O2/c21-15-1-2-16-13(9-15)10-18(24-16)31(29,30)27-7-5-26(6-8-27)20(28)19-23-12-14-11-22-4-3-17(14)25-19;3-2(4,5)1(6)7/h1-2,9-10,12,22,24H,3-8,11H2;(H,6,7). The predicted octanol–water partition coefficient (Wildman–Crippen LogP) is 2.04. The molecule has 2 aromatic heterocycles. The van der Waals surface area contributed by atoms with Gasteiger partial charge in [0.25, 0.3) is 15.9 Å². The van der Waals surface area contributed by atoms with Crippen molar-refractivity contribution in [3.63, 3.8) is 0 Å². The van der Waals surface area contributed by atoms with E-state index in [4.69, 9.17) is 21.5 Å². The first kappa shape index (κ1) is 27.8. The zero-order chi connectivity index (χ0) is 27.7. The second-order valence-electron chi connectivity index (χ2n) is 8.46. The van der Waals surface area contributed by atoms with Gasteiger partial charge in [-0.15, -0.1) is 0 Å². The first-order chi connectivity index (χ1) is 17.9. The third-order valence-electron chi connectivity index (χ3n) is 5.94. The van der Waals surface area contributed by atoms with Crippen LogP contribution in [0.15, 0.2) is 35.5 Å². The maximum atomic E-state index is 13.1. The summed E-state index contributed by atoms with van der Waals surface area (Å²) in [7, 11) is -3.70. The van der Waals surface area contributed by atoms with E-state index in [9.17, 15) is 26.4 Å². The molecular formula is C22H22ClF3N6O5S. The van der Waals surface area contributed by atoms with Gasteiger partial charge in [-0.3, -0.25) is 4.79 Å². The number of halogens is 4. The molecule has 204 valence electrons. The van der Waals surface area contributed by atoms with E-state index in [1.807, 2.05) is 0 Å². The molecule has 0 radical (unpaired) electrons. The lowest BCUT2D eigenvalue weighted by Gasteiger charge is -2.33. The van der Waals surface area contributed by atoms with Crippen LogP contribution in [0.3, 0.4) is 0 Å². The van der Waals surface area contributed by atoms with Gasteiger partial charge in [0.2, 0.25) is 5.82 Å². The normalized spacial score (nSPS) is 16.5. The summed E-state index contributed by atoms with van der Waals surface area (Å²) in [5, 5.41) is 11.8. The van der Waals surface area contributed by atoms with E-state index < -0.39 is 22.2 Å². The summed E-state index contributed by atoms with van der Waals surface area (Å²) < 4.78 is 59.3. The lowest BCUT2D eigenvalue weighted by molar-refractivity contribution is -0.192. The summed E-state index contributed by atoms with van der Waals surface area (Å²) in [5.41, 5.74) is 2.62. The molecule has 0 bridgehead atoms. The van der Waals surface area contributed by atoms with Gasteiger partial charge in [-0.2, -0.15) is 17.5 Å². The van der Waals surface area contributed by atoms with E-state index in [-0.39, 0.29) is 42.9 Å². The van der Waals surface area contributed by atoms with Crippen LogP contribution < -0.4 is 5.32 Å². The van der Waals surface area contributed by atoms with Crippen molar-refractivity contribution in [3.05, 3.63) is 52.6 Å².